The van der Waals surface area contributed by atoms with Crippen LogP contribution >= 0.6 is 0 Å². The number of hydrogen-bond donors (Lipinski definition) is 1. The molecule has 4 aromatic rings. The molecule has 0 aliphatic carbocycles. The van der Waals surface area contributed by atoms with Crippen molar-refractivity contribution in [1.82, 2.24) is 15.0 Å². The number of aromatic nitrogens is 3. The molecule has 0 amide bonds. The lowest BCUT2D eigenvalue weighted by Gasteiger charge is -2.35. The number of ether oxygens (including phenoxy) is 1. The minimum atomic E-state index is -1.53. The highest BCUT2D eigenvalue weighted by Gasteiger charge is 2.29. The largest absolute Gasteiger partial charge is 0.486 e. The fourth-order valence-corrected chi connectivity index (χ4v) is 3.96. The second-order valence-corrected chi connectivity index (χ2v) is 8.12. The van der Waals surface area contributed by atoms with Gasteiger partial charge in [-0.2, -0.15) is 4.98 Å². The van der Waals surface area contributed by atoms with Gasteiger partial charge in [0, 0.05) is 30.2 Å². The Balaban J connectivity index is 1.40. The van der Waals surface area contributed by atoms with Crippen molar-refractivity contribution in [2.24, 2.45) is 0 Å². The van der Waals surface area contributed by atoms with Crippen molar-refractivity contribution < 1.29 is 22.3 Å². The van der Waals surface area contributed by atoms with Gasteiger partial charge in [-0.15, -0.1) is 0 Å². The first-order valence-electron chi connectivity index (χ1n) is 10.7. The molecule has 10 heteroatoms. The molecular weight excluding hydrogens is 462 g/mol. The number of hydrogen-bond acceptors (Lipinski definition) is 6. The number of rotatable bonds is 4. The fraction of sp³-hybridized carbons (Fsp3) is 0.160. The third-order valence-corrected chi connectivity index (χ3v) is 5.76. The van der Waals surface area contributed by atoms with Crippen LogP contribution in [0.3, 0.4) is 0 Å². The molecule has 0 bridgehead atoms. The first-order valence-corrected chi connectivity index (χ1v) is 10.7. The molecule has 3 heterocycles. The average Bonchev–Trinajstić information content (AvgIpc) is 2.83. The van der Waals surface area contributed by atoms with Crippen LogP contribution in [0.1, 0.15) is 17.3 Å². The van der Waals surface area contributed by atoms with Gasteiger partial charge in [0.05, 0.1) is 12.2 Å². The van der Waals surface area contributed by atoms with Gasteiger partial charge in [-0.1, -0.05) is 0 Å². The number of nitrogens with one attached hydrogen (secondary N) is 1. The molecule has 1 unspecified atom stereocenters. The Morgan fingerprint density at radius 3 is 2.46 bits per heavy atom. The van der Waals surface area contributed by atoms with Crippen molar-refractivity contribution in [3.63, 3.8) is 0 Å². The molecule has 0 saturated carbocycles. The summed E-state index contributed by atoms with van der Waals surface area (Å²) in [4.78, 5) is 14.4. The minimum absolute atomic E-state index is 0.0608. The minimum Gasteiger partial charge on any atom is -0.486 e. The molecule has 2 aromatic heterocycles. The quantitative estimate of drug-likeness (QED) is 0.297. The van der Waals surface area contributed by atoms with Crippen molar-refractivity contribution in [2.45, 2.75) is 13.0 Å². The maximum absolute atomic E-state index is 14.8. The topological polar surface area (TPSA) is 63.2 Å². The zero-order valence-electron chi connectivity index (χ0n) is 18.7. The van der Waals surface area contributed by atoms with Gasteiger partial charge < -0.3 is 15.0 Å². The molecule has 178 valence electrons. The summed E-state index contributed by atoms with van der Waals surface area (Å²) in [6.07, 6.45) is 3.07. The standard InChI is InChI=1S/C25H19F4N5O/c1-13-7-14(5-6-30-13)17-4-3-16(10-18(17)26)32-25-31-11-22-24(33-25)34(2)21(12-35-22)15-8-19(27)23(29)20(28)9-15/h3-11,21H,12H2,1-2H3,(H,31,32,33). The normalized spacial score (nSPS) is 14.9. The van der Waals surface area contributed by atoms with E-state index in [-0.39, 0.29) is 18.1 Å². The molecule has 35 heavy (non-hydrogen) atoms. The predicted octanol–water partition coefficient (Wildman–Crippen LogP) is 5.72. The first-order chi connectivity index (χ1) is 16.8. The SMILES string of the molecule is Cc1cc(-c2ccc(Nc3ncc4c(n3)N(C)C(c3cc(F)c(F)c(F)c3)CO4)cc2F)ccn1. The fourth-order valence-electron chi connectivity index (χ4n) is 3.96. The van der Waals surface area contributed by atoms with Gasteiger partial charge in [0.15, 0.2) is 29.0 Å². The maximum atomic E-state index is 14.8. The molecule has 0 fully saturated rings. The summed E-state index contributed by atoms with van der Waals surface area (Å²) in [6, 6.07) is 9.46. The van der Waals surface area contributed by atoms with Crippen LogP contribution in [0.25, 0.3) is 11.1 Å². The van der Waals surface area contributed by atoms with Crippen LogP contribution in [0.5, 0.6) is 5.75 Å². The molecule has 1 aliphatic heterocycles. The smallest absolute Gasteiger partial charge is 0.229 e. The number of benzene rings is 2. The first kappa shape index (κ1) is 22.6. The van der Waals surface area contributed by atoms with E-state index in [0.29, 0.717) is 28.4 Å². The van der Waals surface area contributed by atoms with E-state index in [1.807, 2.05) is 6.92 Å². The van der Waals surface area contributed by atoms with Crippen LogP contribution in [0.2, 0.25) is 0 Å². The second-order valence-electron chi connectivity index (χ2n) is 8.12. The number of anilines is 3. The highest BCUT2D eigenvalue weighted by Crippen LogP contribution is 2.38. The average molecular weight is 481 g/mol. The van der Waals surface area contributed by atoms with Crippen molar-refractivity contribution in [1.29, 1.82) is 0 Å². The van der Waals surface area contributed by atoms with Crippen molar-refractivity contribution in [3.05, 3.63) is 89.4 Å². The van der Waals surface area contributed by atoms with E-state index in [9.17, 15) is 17.6 Å². The summed E-state index contributed by atoms with van der Waals surface area (Å²) in [5.74, 6) is -3.63. The molecule has 5 rings (SSSR count). The van der Waals surface area contributed by atoms with Gasteiger partial charge >= 0.3 is 0 Å². The van der Waals surface area contributed by atoms with E-state index in [1.54, 1.807) is 42.4 Å². The van der Waals surface area contributed by atoms with E-state index in [2.05, 4.69) is 20.3 Å². The molecule has 0 saturated heterocycles. The summed E-state index contributed by atoms with van der Waals surface area (Å²) in [7, 11) is 1.67. The Morgan fingerprint density at radius 2 is 1.74 bits per heavy atom. The van der Waals surface area contributed by atoms with Crippen LogP contribution in [0, 0.1) is 30.2 Å². The van der Waals surface area contributed by atoms with Crippen LogP contribution in [-0.4, -0.2) is 28.6 Å². The monoisotopic (exact) mass is 481 g/mol. The molecule has 2 aromatic carbocycles. The van der Waals surface area contributed by atoms with Gasteiger partial charge in [-0.25, -0.2) is 22.5 Å². The third-order valence-electron chi connectivity index (χ3n) is 5.76. The van der Waals surface area contributed by atoms with Gasteiger partial charge in [0.1, 0.15) is 12.4 Å². The number of fused-ring (bicyclic) bond motifs is 1. The van der Waals surface area contributed by atoms with E-state index in [0.717, 1.165) is 17.8 Å². The number of likely N-dealkylation sites (N-methyl/N-ethyl adjacent to an activating group) is 1. The summed E-state index contributed by atoms with van der Waals surface area (Å²) in [5.41, 5.74) is 2.55. The molecule has 1 N–H and O–H groups in total. The molecule has 1 aliphatic rings. The summed E-state index contributed by atoms with van der Waals surface area (Å²) in [6.45, 7) is 1.89. The molecule has 0 spiro atoms. The highest BCUT2D eigenvalue weighted by atomic mass is 19.2. The van der Waals surface area contributed by atoms with Crippen LogP contribution < -0.4 is 15.0 Å². The lowest BCUT2D eigenvalue weighted by molar-refractivity contribution is 0.264. The third kappa shape index (κ3) is 4.34. The molecule has 0 radical (unpaired) electrons. The Kier molecular flexibility index (Phi) is 5.72. The van der Waals surface area contributed by atoms with Crippen LogP contribution in [0.15, 0.2) is 54.9 Å². The zero-order chi connectivity index (χ0) is 24.7. The van der Waals surface area contributed by atoms with Crippen molar-refractivity contribution in [3.8, 4) is 16.9 Å². The van der Waals surface area contributed by atoms with E-state index < -0.39 is 29.3 Å². The molecule has 1 atom stereocenters. The van der Waals surface area contributed by atoms with Crippen molar-refractivity contribution >= 4 is 17.5 Å². The van der Waals surface area contributed by atoms with E-state index in [1.165, 1.54) is 12.3 Å². The Bertz CT molecular complexity index is 1410. The molecule has 6 nitrogen and oxygen atoms in total. The number of aryl methyl sites for hydroxylation is 1. The van der Waals surface area contributed by atoms with Crippen molar-refractivity contribution in [2.75, 3.05) is 23.9 Å². The maximum Gasteiger partial charge on any atom is 0.229 e. The highest BCUT2D eigenvalue weighted by molar-refractivity contribution is 5.68. The number of pyridine rings is 1. The Hall–Kier alpha value is -4.21. The zero-order valence-corrected chi connectivity index (χ0v) is 18.7. The van der Waals surface area contributed by atoms with Gasteiger partial charge in [0.2, 0.25) is 5.95 Å². The van der Waals surface area contributed by atoms with E-state index >= 15 is 0 Å². The van der Waals surface area contributed by atoms with E-state index in [4.69, 9.17) is 4.74 Å². The Labute approximate surface area is 198 Å². The predicted molar refractivity (Wildman–Crippen MR) is 123 cm³/mol. The van der Waals surface area contributed by atoms with Gasteiger partial charge in [-0.3, -0.25) is 4.98 Å². The lowest BCUT2D eigenvalue weighted by Crippen LogP contribution is -2.34. The summed E-state index contributed by atoms with van der Waals surface area (Å²) >= 11 is 0. The van der Waals surface area contributed by atoms with Gasteiger partial charge in [0.25, 0.3) is 0 Å². The summed E-state index contributed by atoms with van der Waals surface area (Å²) in [5, 5.41) is 2.96. The summed E-state index contributed by atoms with van der Waals surface area (Å²) < 4.78 is 61.4. The number of halogens is 4. The number of nitrogens with zero attached hydrogens (tertiary/aromatic N) is 4. The van der Waals surface area contributed by atoms with Gasteiger partial charge in [-0.05, 0) is 60.5 Å². The molecular formula is C25H19F4N5O. The van der Waals surface area contributed by atoms with Crippen LogP contribution in [-0.2, 0) is 0 Å². The van der Waals surface area contributed by atoms with Crippen LogP contribution in [0.4, 0.5) is 35.0 Å². The second kappa shape index (κ2) is 8.86. The Morgan fingerprint density at radius 1 is 0.971 bits per heavy atom. The lowest BCUT2D eigenvalue weighted by atomic mass is 10.0.